The van der Waals surface area contributed by atoms with E-state index in [1.165, 1.54) is 19.4 Å². The summed E-state index contributed by atoms with van der Waals surface area (Å²) in [5.41, 5.74) is 5.01. The fourth-order valence-corrected chi connectivity index (χ4v) is 3.54. The quantitative estimate of drug-likeness (QED) is 0.787. The van der Waals surface area contributed by atoms with Gasteiger partial charge in [0, 0.05) is 18.6 Å². The maximum Gasteiger partial charge on any atom is 0.323 e. The molecule has 1 saturated carbocycles. The first-order valence-electron chi connectivity index (χ1n) is 7.35. The van der Waals surface area contributed by atoms with Crippen LogP contribution in [-0.4, -0.2) is 65.7 Å². The van der Waals surface area contributed by atoms with Crippen LogP contribution < -0.4 is 5.73 Å². The van der Waals surface area contributed by atoms with Crippen molar-refractivity contribution in [2.45, 2.75) is 56.1 Å². The zero-order valence-electron chi connectivity index (χ0n) is 12.1. The molecule has 3 unspecified atom stereocenters. The fourth-order valence-electron chi connectivity index (χ4n) is 3.54. The van der Waals surface area contributed by atoms with E-state index >= 15 is 0 Å². The first-order chi connectivity index (χ1) is 8.92. The highest BCUT2D eigenvalue weighted by Gasteiger charge is 2.40. The number of nitrogens with zero attached hydrogens (tertiary/aromatic N) is 2. The van der Waals surface area contributed by atoms with Crippen molar-refractivity contribution in [1.82, 2.24) is 9.80 Å². The Morgan fingerprint density at radius 2 is 2.21 bits per heavy atom. The first kappa shape index (κ1) is 14.8. The summed E-state index contributed by atoms with van der Waals surface area (Å²) in [5, 5.41) is 9.27. The van der Waals surface area contributed by atoms with E-state index in [-0.39, 0.29) is 0 Å². The molecular weight excluding hydrogens is 242 g/mol. The number of likely N-dealkylation sites (N-methyl/N-ethyl adjacent to an activating group) is 2. The second kappa shape index (κ2) is 5.77. The van der Waals surface area contributed by atoms with Crippen LogP contribution in [0, 0.1) is 0 Å². The van der Waals surface area contributed by atoms with Gasteiger partial charge in [-0.3, -0.25) is 4.79 Å². The highest BCUT2D eigenvalue weighted by Crippen LogP contribution is 2.30. The molecule has 1 aliphatic heterocycles. The van der Waals surface area contributed by atoms with Crippen molar-refractivity contribution >= 4 is 5.97 Å². The summed E-state index contributed by atoms with van der Waals surface area (Å²) < 4.78 is 0. The number of carboxylic acids is 1. The Hall–Kier alpha value is -0.650. The van der Waals surface area contributed by atoms with Crippen molar-refractivity contribution in [2.75, 3.05) is 27.2 Å². The van der Waals surface area contributed by atoms with Crippen LogP contribution in [0.2, 0.25) is 0 Å². The molecule has 5 nitrogen and oxygen atoms in total. The molecule has 1 aliphatic carbocycles. The van der Waals surface area contributed by atoms with Gasteiger partial charge in [-0.05, 0) is 59.2 Å². The summed E-state index contributed by atoms with van der Waals surface area (Å²) in [7, 11) is 4.29. The predicted molar refractivity (Wildman–Crippen MR) is 75.1 cm³/mol. The van der Waals surface area contributed by atoms with Gasteiger partial charge in [0.25, 0.3) is 0 Å². The third-order valence-corrected chi connectivity index (χ3v) is 4.98. The van der Waals surface area contributed by atoms with Gasteiger partial charge in [0.05, 0.1) is 0 Å². The molecule has 0 aromatic carbocycles. The van der Waals surface area contributed by atoms with Crippen LogP contribution >= 0.6 is 0 Å². The third kappa shape index (κ3) is 3.27. The number of rotatable bonds is 4. The number of hydrogen-bond acceptors (Lipinski definition) is 4. The van der Waals surface area contributed by atoms with E-state index in [1.54, 1.807) is 0 Å². The van der Waals surface area contributed by atoms with Crippen LogP contribution in [0.1, 0.15) is 38.5 Å². The number of nitrogens with two attached hydrogens (primary N) is 1. The normalized spacial score (nSPS) is 36.8. The molecule has 1 heterocycles. The second-order valence-corrected chi connectivity index (χ2v) is 6.43. The van der Waals surface area contributed by atoms with Crippen molar-refractivity contribution in [3.63, 3.8) is 0 Å². The van der Waals surface area contributed by atoms with Crippen molar-refractivity contribution in [1.29, 1.82) is 0 Å². The Morgan fingerprint density at radius 3 is 2.79 bits per heavy atom. The summed E-state index contributed by atoms with van der Waals surface area (Å²) in [4.78, 5) is 16.0. The monoisotopic (exact) mass is 269 g/mol. The smallest absolute Gasteiger partial charge is 0.323 e. The number of carboxylic acid groups (broad SMARTS) is 1. The number of carbonyl (C=O) groups is 1. The minimum Gasteiger partial charge on any atom is -0.480 e. The number of likely N-dealkylation sites (tertiary alicyclic amines) is 1. The highest BCUT2D eigenvalue weighted by molar-refractivity contribution is 5.78. The zero-order valence-corrected chi connectivity index (χ0v) is 12.1. The predicted octanol–water partition coefficient (Wildman–Crippen LogP) is 0.737. The molecule has 2 aliphatic rings. The third-order valence-electron chi connectivity index (χ3n) is 4.98. The second-order valence-electron chi connectivity index (χ2n) is 6.43. The van der Waals surface area contributed by atoms with Gasteiger partial charge in [0.1, 0.15) is 5.54 Å². The van der Waals surface area contributed by atoms with E-state index < -0.39 is 11.5 Å². The lowest BCUT2D eigenvalue weighted by Crippen LogP contribution is -2.56. The van der Waals surface area contributed by atoms with E-state index in [0.717, 1.165) is 19.4 Å². The number of aliphatic carboxylic acids is 1. The summed E-state index contributed by atoms with van der Waals surface area (Å²) >= 11 is 0. The summed E-state index contributed by atoms with van der Waals surface area (Å²) in [6, 6.07) is 0.924. The molecule has 1 saturated heterocycles. The average molecular weight is 269 g/mol. The lowest BCUT2D eigenvalue weighted by atomic mass is 9.79. The molecule has 110 valence electrons. The minimum absolute atomic E-state index is 0.309. The van der Waals surface area contributed by atoms with Crippen LogP contribution in [0.3, 0.4) is 0 Å². The summed E-state index contributed by atoms with van der Waals surface area (Å²) in [6.07, 6.45) is 5.69. The zero-order chi connectivity index (χ0) is 14.0. The number of hydrogen-bond donors (Lipinski definition) is 2. The molecule has 2 fully saturated rings. The molecule has 3 N–H and O–H groups in total. The molecule has 19 heavy (non-hydrogen) atoms. The SMILES string of the molecule is CN1CCCC1CN(C)C1CCCC(N)(C(=O)O)C1. The molecular formula is C14H27N3O2. The van der Waals surface area contributed by atoms with Gasteiger partial charge >= 0.3 is 5.97 Å². The molecule has 0 aromatic heterocycles. The van der Waals surface area contributed by atoms with Gasteiger partial charge < -0.3 is 20.6 Å². The Balaban J connectivity index is 1.91. The summed E-state index contributed by atoms with van der Waals surface area (Å²) in [5.74, 6) is -0.844. The van der Waals surface area contributed by atoms with E-state index in [4.69, 9.17) is 5.73 Å². The van der Waals surface area contributed by atoms with Crippen molar-refractivity contribution in [3.8, 4) is 0 Å². The Bertz CT molecular complexity index is 337. The van der Waals surface area contributed by atoms with Gasteiger partial charge in [-0.2, -0.15) is 0 Å². The van der Waals surface area contributed by atoms with Crippen molar-refractivity contribution in [2.24, 2.45) is 5.73 Å². The first-order valence-corrected chi connectivity index (χ1v) is 7.35. The molecule has 0 spiro atoms. The molecule has 0 amide bonds. The minimum atomic E-state index is -1.02. The van der Waals surface area contributed by atoms with Crippen LogP contribution in [0.25, 0.3) is 0 Å². The molecule has 3 atom stereocenters. The molecule has 5 heteroatoms. The topological polar surface area (TPSA) is 69.8 Å². The summed E-state index contributed by atoms with van der Waals surface area (Å²) in [6.45, 7) is 2.20. The fraction of sp³-hybridized carbons (Fsp3) is 0.929. The molecule has 0 aromatic rings. The lowest BCUT2D eigenvalue weighted by Gasteiger charge is -2.40. The van der Waals surface area contributed by atoms with Gasteiger partial charge in [-0.15, -0.1) is 0 Å². The van der Waals surface area contributed by atoms with E-state index in [0.29, 0.717) is 24.9 Å². The standard InChI is InChI=1S/C14H27N3O2/c1-16-8-4-6-12(16)10-17(2)11-5-3-7-14(15,9-11)13(18)19/h11-12H,3-10,15H2,1-2H3,(H,18,19). The molecule has 0 bridgehead atoms. The molecule has 2 rings (SSSR count). The van der Waals surface area contributed by atoms with Crippen LogP contribution in [-0.2, 0) is 4.79 Å². The Morgan fingerprint density at radius 1 is 1.47 bits per heavy atom. The maximum atomic E-state index is 11.3. The highest BCUT2D eigenvalue weighted by atomic mass is 16.4. The Labute approximate surface area is 115 Å². The van der Waals surface area contributed by atoms with E-state index in [9.17, 15) is 9.90 Å². The Kier molecular flexibility index (Phi) is 4.48. The maximum absolute atomic E-state index is 11.3. The largest absolute Gasteiger partial charge is 0.480 e. The van der Waals surface area contributed by atoms with E-state index in [1.807, 2.05) is 0 Å². The van der Waals surface area contributed by atoms with Crippen LogP contribution in [0.15, 0.2) is 0 Å². The van der Waals surface area contributed by atoms with Crippen molar-refractivity contribution in [3.05, 3.63) is 0 Å². The van der Waals surface area contributed by atoms with Crippen molar-refractivity contribution < 1.29 is 9.90 Å². The van der Waals surface area contributed by atoms with Gasteiger partial charge in [0.2, 0.25) is 0 Å². The van der Waals surface area contributed by atoms with Gasteiger partial charge in [-0.25, -0.2) is 0 Å². The van der Waals surface area contributed by atoms with Crippen LogP contribution in [0.5, 0.6) is 0 Å². The van der Waals surface area contributed by atoms with Gasteiger partial charge in [0.15, 0.2) is 0 Å². The average Bonchev–Trinajstić information content (AvgIpc) is 2.75. The van der Waals surface area contributed by atoms with Gasteiger partial charge in [-0.1, -0.05) is 0 Å². The molecule has 0 radical (unpaired) electrons. The van der Waals surface area contributed by atoms with Crippen LogP contribution in [0.4, 0.5) is 0 Å². The van der Waals surface area contributed by atoms with E-state index in [2.05, 4.69) is 23.9 Å². The lowest BCUT2D eigenvalue weighted by molar-refractivity contribution is -0.145.